The number of rotatable bonds is 4. The number of benzene rings is 2. The van der Waals surface area contributed by atoms with Gasteiger partial charge in [-0.1, -0.05) is 24.6 Å². The Kier molecular flexibility index (Phi) is 5.15. The maximum Gasteiger partial charge on any atom is 0.261 e. The Balaban J connectivity index is 1.71. The van der Waals surface area contributed by atoms with Gasteiger partial charge in [-0.2, -0.15) is 0 Å². The van der Waals surface area contributed by atoms with E-state index in [1.807, 2.05) is 39.0 Å². The average Bonchev–Trinajstić information content (AvgIpc) is 3.48. The minimum absolute atomic E-state index is 0.0920. The summed E-state index contributed by atoms with van der Waals surface area (Å²) in [6.07, 6.45) is 1.86. The fraction of sp³-hybridized carbons (Fsp3) is 0.409. The molecule has 1 N–H and O–H groups in total. The van der Waals surface area contributed by atoms with Crippen LogP contribution in [0.1, 0.15) is 36.5 Å². The first-order valence-corrected chi connectivity index (χ1v) is 12.2. The van der Waals surface area contributed by atoms with E-state index in [1.54, 1.807) is 28.8 Å². The minimum atomic E-state index is -3.77. The van der Waals surface area contributed by atoms with Gasteiger partial charge < -0.3 is 4.90 Å². The molecule has 4 rings (SSSR count). The number of hydrogen-bond donors (Lipinski definition) is 1. The van der Waals surface area contributed by atoms with Crippen LogP contribution in [-0.4, -0.2) is 26.1 Å². The van der Waals surface area contributed by atoms with Gasteiger partial charge in [-0.05, 0) is 62.9 Å². The van der Waals surface area contributed by atoms with Crippen LogP contribution in [0.25, 0.3) is 0 Å². The zero-order valence-electron chi connectivity index (χ0n) is 17.2. The predicted molar refractivity (Wildman–Crippen MR) is 118 cm³/mol. The van der Waals surface area contributed by atoms with Crippen LogP contribution in [0, 0.1) is 26.7 Å². The summed E-state index contributed by atoms with van der Waals surface area (Å²) in [5.41, 5.74) is 4.20. The molecular formula is C22H26N2O3S2. The summed E-state index contributed by atoms with van der Waals surface area (Å²) in [6.45, 7) is 8.50. The minimum Gasteiger partial charge on any atom is -0.310 e. The lowest BCUT2D eigenvalue weighted by Gasteiger charge is -2.33. The van der Waals surface area contributed by atoms with Crippen LogP contribution in [0.5, 0.6) is 0 Å². The van der Waals surface area contributed by atoms with E-state index < -0.39 is 10.0 Å². The lowest BCUT2D eigenvalue weighted by Crippen LogP contribution is -2.39. The van der Waals surface area contributed by atoms with Gasteiger partial charge >= 0.3 is 0 Å². The number of aryl methyl sites for hydroxylation is 3. The molecule has 0 saturated heterocycles. The average molecular weight is 431 g/mol. The third kappa shape index (κ3) is 4.03. The molecule has 1 saturated carbocycles. The van der Waals surface area contributed by atoms with E-state index >= 15 is 0 Å². The van der Waals surface area contributed by atoms with Crippen molar-refractivity contribution in [1.29, 1.82) is 0 Å². The van der Waals surface area contributed by atoms with E-state index in [0.717, 1.165) is 34.4 Å². The van der Waals surface area contributed by atoms with Crippen molar-refractivity contribution in [1.82, 2.24) is 0 Å². The van der Waals surface area contributed by atoms with Crippen LogP contribution in [0.2, 0.25) is 0 Å². The van der Waals surface area contributed by atoms with E-state index in [9.17, 15) is 13.2 Å². The molecule has 2 aromatic rings. The third-order valence-electron chi connectivity index (χ3n) is 5.41. The van der Waals surface area contributed by atoms with Crippen LogP contribution < -0.4 is 9.62 Å². The van der Waals surface area contributed by atoms with Crippen LogP contribution in [0.15, 0.2) is 40.1 Å². The highest BCUT2D eigenvalue weighted by Gasteiger charge is 2.37. The van der Waals surface area contributed by atoms with Gasteiger partial charge in [-0.15, -0.1) is 11.8 Å². The zero-order chi connectivity index (χ0) is 20.9. The van der Waals surface area contributed by atoms with Crippen LogP contribution in [-0.2, 0) is 14.8 Å². The molecule has 7 heteroatoms. The van der Waals surface area contributed by atoms with Gasteiger partial charge in [0.25, 0.3) is 10.0 Å². The van der Waals surface area contributed by atoms with E-state index in [-0.39, 0.29) is 22.0 Å². The van der Waals surface area contributed by atoms with Gasteiger partial charge in [0, 0.05) is 22.6 Å². The molecular weight excluding hydrogens is 404 g/mol. The molecule has 0 radical (unpaired) electrons. The van der Waals surface area contributed by atoms with Crippen molar-refractivity contribution in [3.05, 3.63) is 47.0 Å². The molecule has 1 unspecified atom stereocenters. The van der Waals surface area contributed by atoms with E-state index in [1.165, 1.54) is 0 Å². The van der Waals surface area contributed by atoms with Crippen molar-refractivity contribution >= 4 is 39.1 Å². The van der Waals surface area contributed by atoms with E-state index in [2.05, 4.69) is 11.6 Å². The van der Waals surface area contributed by atoms with Gasteiger partial charge in [0.2, 0.25) is 5.91 Å². The highest BCUT2D eigenvalue weighted by Crippen LogP contribution is 2.42. The Labute approximate surface area is 176 Å². The molecule has 0 spiro atoms. The first kappa shape index (κ1) is 20.3. The zero-order valence-corrected chi connectivity index (χ0v) is 18.8. The molecule has 1 aliphatic carbocycles. The molecule has 1 aliphatic heterocycles. The monoisotopic (exact) mass is 430 g/mol. The first-order valence-electron chi connectivity index (χ1n) is 9.88. The summed E-state index contributed by atoms with van der Waals surface area (Å²) in [6, 6.07) is 9.03. The van der Waals surface area contributed by atoms with Crippen LogP contribution in [0.3, 0.4) is 0 Å². The second-order valence-corrected chi connectivity index (χ2v) is 11.3. The van der Waals surface area contributed by atoms with Gasteiger partial charge in [0.05, 0.1) is 16.3 Å². The maximum absolute atomic E-state index is 13.1. The Morgan fingerprint density at radius 2 is 1.76 bits per heavy atom. The molecule has 0 aromatic heterocycles. The largest absolute Gasteiger partial charge is 0.310 e. The van der Waals surface area contributed by atoms with E-state index in [0.29, 0.717) is 17.9 Å². The maximum atomic E-state index is 13.1. The van der Waals surface area contributed by atoms with Gasteiger partial charge in [-0.25, -0.2) is 8.42 Å². The van der Waals surface area contributed by atoms with E-state index in [4.69, 9.17) is 0 Å². The Hall–Kier alpha value is -1.99. The van der Waals surface area contributed by atoms with Crippen molar-refractivity contribution in [2.75, 3.05) is 16.2 Å². The van der Waals surface area contributed by atoms with Crippen molar-refractivity contribution in [2.24, 2.45) is 5.92 Å². The van der Waals surface area contributed by atoms with Gasteiger partial charge in [-0.3, -0.25) is 9.52 Å². The molecule has 2 aliphatic rings. The number of anilines is 2. The number of fused-ring (bicyclic) bond motifs is 1. The number of sulfonamides is 1. The molecule has 1 amide bonds. The highest BCUT2D eigenvalue weighted by atomic mass is 32.2. The molecule has 2 aromatic carbocycles. The first-order chi connectivity index (χ1) is 13.7. The third-order valence-corrected chi connectivity index (χ3v) is 7.90. The second kappa shape index (κ2) is 7.36. The molecule has 1 heterocycles. The number of amides is 1. The summed E-state index contributed by atoms with van der Waals surface area (Å²) in [7, 11) is -3.77. The number of nitrogens with one attached hydrogen (secondary N) is 1. The fourth-order valence-corrected chi connectivity index (χ4v) is 6.19. The summed E-state index contributed by atoms with van der Waals surface area (Å²) < 4.78 is 29.0. The number of carbonyl (C=O) groups is 1. The number of carbonyl (C=O) groups excluding carboxylic acids is 1. The predicted octanol–water partition coefficient (Wildman–Crippen LogP) is 4.65. The Morgan fingerprint density at radius 3 is 2.38 bits per heavy atom. The van der Waals surface area contributed by atoms with Crippen molar-refractivity contribution < 1.29 is 13.2 Å². The lowest BCUT2D eigenvalue weighted by molar-refractivity contribution is -0.119. The van der Waals surface area contributed by atoms with Gasteiger partial charge in [0.1, 0.15) is 0 Å². The summed E-state index contributed by atoms with van der Waals surface area (Å²) >= 11 is 1.69. The molecule has 29 heavy (non-hydrogen) atoms. The van der Waals surface area contributed by atoms with Crippen LogP contribution in [0.4, 0.5) is 11.4 Å². The van der Waals surface area contributed by atoms with Crippen molar-refractivity contribution in [2.45, 2.75) is 55.6 Å². The summed E-state index contributed by atoms with van der Waals surface area (Å²) in [4.78, 5) is 15.7. The highest BCUT2D eigenvalue weighted by molar-refractivity contribution is 8.00. The van der Waals surface area contributed by atoms with Crippen LogP contribution >= 0.6 is 11.8 Å². The fourth-order valence-electron chi connectivity index (χ4n) is 3.88. The number of hydrogen-bond acceptors (Lipinski definition) is 4. The second-order valence-electron chi connectivity index (χ2n) is 8.16. The topological polar surface area (TPSA) is 66.5 Å². The quantitative estimate of drug-likeness (QED) is 0.767. The molecule has 5 nitrogen and oxygen atoms in total. The van der Waals surface area contributed by atoms with Crippen molar-refractivity contribution in [3.8, 4) is 0 Å². The molecule has 1 fully saturated rings. The smallest absolute Gasteiger partial charge is 0.261 e. The summed E-state index contributed by atoms with van der Waals surface area (Å²) in [5, 5.41) is 0.281. The molecule has 154 valence electrons. The normalized spacial score (nSPS) is 19.0. The SMILES string of the molecule is Cc1cc(C)c(NS(=O)(=O)c2ccc3c(c2)N(C(=O)C2CC2)CC(C)S3)c(C)c1. The number of nitrogens with zero attached hydrogens (tertiary/aromatic N) is 1. The number of thioether (sulfide) groups is 1. The molecule has 1 atom stereocenters. The Morgan fingerprint density at radius 1 is 1.10 bits per heavy atom. The molecule has 0 bridgehead atoms. The standard InChI is InChI=1S/C22H26N2O3S2/c1-13-9-14(2)21(15(3)10-13)23-29(26,27)18-7-8-20-19(11-18)24(12-16(4)28-20)22(25)17-5-6-17/h7-11,16-17,23H,5-6,12H2,1-4H3. The van der Waals surface area contributed by atoms with Gasteiger partial charge in [0.15, 0.2) is 0 Å². The van der Waals surface area contributed by atoms with Crippen molar-refractivity contribution in [3.63, 3.8) is 0 Å². The lowest BCUT2D eigenvalue weighted by atomic mass is 10.1. The summed E-state index contributed by atoms with van der Waals surface area (Å²) in [5.74, 6) is 0.209. The Bertz CT molecular complexity index is 1070.